The molecule has 0 bridgehead atoms. The Morgan fingerprint density at radius 1 is 1.00 bits per heavy atom. The van der Waals surface area contributed by atoms with Gasteiger partial charge < -0.3 is 10.8 Å². The molecular weight excluding hydrogens is 390 g/mol. The molecule has 0 radical (unpaired) electrons. The molecule has 3 N–H and O–H groups in total. The minimum absolute atomic E-state index is 0.199. The van der Waals surface area contributed by atoms with E-state index in [9.17, 15) is 40.2 Å². The molecule has 12 heteroatoms. The van der Waals surface area contributed by atoms with Crippen LogP contribution in [0.1, 0.15) is 17.4 Å². The van der Waals surface area contributed by atoms with Gasteiger partial charge in [-0.3, -0.25) is 0 Å². The van der Waals surface area contributed by atoms with Gasteiger partial charge in [0, 0.05) is 0 Å². The van der Waals surface area contributed by atoms with Crippen molar-refractivity contribution in [3.8, 4) is 5.69 Å². The van der Waals surface area contributed by atoms with E-state index in [4.69, 9.17) is 5.73 Å². The number of alkyl halides is 8. The Labute approximate surface area is 147 Å². The fourth-order valence-corrected chi connectivity index (χ4v) is 2.37. The molecule has 0 aliphatic carbocycles. The number of para-hydroxylation sites is 1. The highest BCUT2D eigenvalue weighted by Gasteiger charge is 2.77. The highest BCUT2D eigenvalue weighted by atomic mass is 19.4. The van der Waals surface area contributed by atoms with E-state index in [1.165, 1.54) is 24.3 Å². The van der Waals surface area contributed by atoms with Gasteiger partial charge in [-0.1, -0.05) is 18.2 Å². The van der Waals surface area contributed by atoms with Crippen molar-refractivity contribution in [2.75, 3.05) is 5.73 Å². The second kappa shape index (κ2) is 6.66. The monoisotopic (exact) mass is 403 g/mol. The number of hydrogen-bond acceptors (Lipinski definition) is 3. The van der Waals surface area contributed by atoms with Crippen molar-refractivity contribution in [2.45, 2.75) is 37.2 Å². The van der Waals surface area contributed by atoms with Crippen molar-refractivity contribution in [1.29, 1.82) is 0 Å². The zero-order valence-corrected chi connectivity index (χ0v) is 13.5. The Hall–Kier alpha value is -2.37. The Balaban J connectivity index is 2.54. The van der Waals surface area contributed by atoms with E-state index in [2.05, 4.69) is 5.10 Å². The highest BCUT2D eigenvalue weighted by Crippen LogP contribution is 2.54. The van der Waals surface area contributed by atoms with Gasteiger partial charge >= 0.3 is 24.2 Å². The third-order valence-electron chi connectivity index (χ3n) is 3.87. The van der Waals surface area contributed by atoms with Crippen LogP contribution in [-0.2, 0) is 0 Å². The van der Waals surface area contributed by atoms with Gasteiger partial charge in [0.2, 0.25) is 0 Å². The summed E-state index contributed by atoms with van der Waals surface area (Å²) < 4.78 is 106. The van der Waals surface area contributed by atoms with Crippen LogP contribution in [0.3, 0.4) is 0 Å². The van der Waals surface area contributed by atoms with Crippen molar-refractivity contribution in [1.82, 2.24) is 9.78 Å². The summed E-state index contributed by atoms with van der Waals surface area (Å²) >= 11 is 0. The maximum atomic E-state index is 14.0. The number of anilines is 1. The minimum Gasteiger partial charge on any atom is -0.383 e. The van der Waals surface area contributed by atoms with Gasteiger partial charge in [-0.15, -0.1) is 0 Å². The van der Waals surface area contributed by atoms with Crippen molar-refractivity contribution >= 4 is 5.82 Å². The van der Waals surface area contributed by atoms with E-state index < -0.39 is 47.4 Å². The second-order valence-corrected chi connectivity index (χ2v) is 5.66. The standard InChI is InChI=1S/C15H13F8N3O/c1-7-9(11(24)26(25-7)8-5-3-2-4-6-8)10(27)13(18,19)15(22,23)14(20,21)12(16)17/h2-6,10,12,27H,24H2,1H3. The summed E-state index contributed by atoms with van der Waals surface area (Å²) in [6.07, 6.45) is -8.70. The average molecular weight is 403 g/mol. The van der Waals surface area contributed by atoms with Crippen molar-refractivity contribution in [3.05, 3.63) is 41.6 Å². The third-order valence-corrected chi connectivity index (χ3v) is 3.87. The van der Waals surface area contributed by atoms with E-state index in [1.54, 1.807) is 6.07 Å². The van der Waals surface area contributed by atoms with Crippen LogP contribution in [0, 0.1) is 6.92 Å². The number of aryl methyl sites for hydroxylation is 1. The summed E-state index contributed by atoms with van der Waals surface area (Å²) in [7, 11) is 0. The zero-order valence-electron chi connectivity index (χ0n) is 13.5. The van der Waals surface area contributed by atoms with E-state index in [0.717, 1.165) is 11.6 Å². The van der Waals surface area contributed by atoms with Crippen molar-refractivity contribution in [3.63, 3.8) is 0 Å². The number of aliphatic hydroxyl groups excluding tert-OH is 1. The summed E-state index contributed by atoms with van der Waals surface area (Å²) in [6.45, 7) is 1.01. The molecular formula is C15H13F8N3O. The van der Waals surface area contributed by atoms with Gasteiger partial charge in [-0.25, -0.2) is 13.5 Å². The van der Waals surface area contributed by atoms with Crippen LogP contribution in [0.2, 0.25) is 0 Å². The molecule has 2 aromatic rings. The topological polar surface area (TPSA) is 64.1 Å². The predicted molar refractivity (Wildman–Crippen MR) is 78.5 cm³/mol. The van der Waals surface area contributed by atoms with E-state index in [1.807, 2.05) is 0 Å². The van der Waals surface area contributed by atoms with Crippen LogP contribution >= 0.6 is 0 Å². The molecule has 1 aromatic heterocycles. The number of aromatic nitrogens is 2. The van der Waals surface area contributed by atoms with E-state index >= 15 is 0 Å². The molecule has 27 heavy (non-hydrogen) atoms. The number of hydrogen-bond donors (Lipinski definition) is 2. The number of aliphatic hydroxyl groups is 1. The first-order valence-corrected chi connectivity index (χ1v) is 7.26. The first kappa shape index (κ1) is 20.9. The Bertz CT molecular complexity index is 807. The smallest absolute Gasteiger partial charge is 0.380 e. The Morgan fingerprint density at radius 2 is 1.52 bits per heavy atom. The molecule has 0 amide bonds. The maximum absolute atomic E-state index is 14.0. The van der Waals surface area contributed by atoms with Crippen LogP contribution in [0.15, 0.2) is 30.3 Å². The van der Waals surface area contributed by atoms with Crippen LogP contribution in [-0.4, -0.2) is 39.1 Å². The molecule has 1 heterocycles. The lowest BCUT2D eigenvalue weighted by Gasteiger charge is -2.34. The van der Waals surface area contributed by atoms with Gasteiger partial charge in [0.05, 0.1) is 16.9 Å². The van der Waals surface area contributed by atoms with Crippen molar-refractivity contribution in [2.24, 2.45) is 0 Å². The second-order valence-electron chi connectivity index (χ2n) is 5.66. The maximum Gasteiger partial charge on any atom is 0.380 e. The summed E-state index contributed by atoms with van der Waals surface area (Å²) in [6, 6.07) is 7.43. The van der Waals surface area contributed by atoms with Crippen molar-refractivity contribution < 1.29 is 40.2 Å². The summed E-state index contributed by atoms with van der Waals surface area (Å²) in [5, 5.41) is 13.4. The number of nitrogens with zero attached hydrogens (tertiary/aromatic N) is 2. The lowest BCUT2D eigenvalue weighted by atomic mass is 9.94. The fourth-order valence-electron chi connectivity index (χ4n) is 2.37. The zero-order chi connectivity index (χ0) is 20.8. The SMILES string of the molecule is Cc1nn(-c2ccccc2)c(N)c1C(O)C(F)(F)C(F)(F)C(F)(F)C(F)F. The highest BCUT2D eigenvalue weighted by molar-refractivity contribution is 5.51. The van der Waals surface area contributed by atoms with Crippen LogP contribution in [0.4, 0.5) is 40.9 Å². The van der Waals surface area contributed by atoms with Gasteiger partial charge in [-0.2, -0.15) is 31.4 Å². The summed E-state index contributed by atoms with van der Waals surface area (Å²) in [5.41, 5.74) is 4.22. The number of nitrogen functional groups attached to an aromatic ring is 1. The predicted octanol–water partition coefficient (Wildman–Crippen LogP) is 3.97. The largest absolute Gasteiger partial charge is 0.383 e. The van der Waals surface area contributed by atoms with Crippen LogP contribution in [0.5, 0.6) is 0 Å². The quantitative estimate of drug-likeness (QED) is 0.718. The normalized spacial score (nSPS) is 14.6. The number of benzene rings is 1. The molecule has 2 rings (SSSR count). The molecule has 0 aliphatic rings. The molecule has 0 fully saturated rings. The molecule has 1 atom stereocenters. The number of nitrogens with two attached hydrogens (primary N) is 1. The molecule has 1 unspecified atom stereocenters. The first-order chi connectivity index (χ1) is 12.3. The molecule has 0 aliphatic heterocycles. The van der Waals surface area contributed by atoms with Gasteiger partial charge in [0.25, 0.3) is 0 Å². The van der Waals surface area contributed by atoms with E-state index in [0.29, 0.717) is 0 Å². The van der Waals surface area contributed by atoms with Gasteiger partial charge in [-0.05, 0) is 19.1 Å². The molecule has 0 spiro atoms. The van der Waals surface area contributed by atoms with Gasteiger partial charge in [0.1, 0.15) is 5.82 Å². The molecule has 0 saturated carbocycles. The average Bonchev–Trinajstić information content (AvgIpc) is 2.88. The molecule has 1 aromatic carbocycles. The van der Waals surface area contributed by atoms with Gasteiger partial charge in [0.15, 0.2) is 6.10 Å². The fraction of sp³-hybridized carbons (Fsp3) is 0.400. The van der Waals surface area contributed by atoms with Crippen LogP contribution in [0.25, 0.3) is 5.69 Å². The lowest BCUT2D eigenvalue weighted by Crippen LogP contribution is -2.59. The van der Waals surface area contributed by atoms with E-state index in [-0.39, 0.29) is 5.69 Å². The first-order valence-electron chi connectivity index (χ1n) is 7.26. The number of rotatable bonds is 6. The minimum atomic E-state index is -6.57. The summed E-state index contributed by atoms with van der Waals surface area (Å²) in [4.78, 5) is 0. The molecule has 150 valence electrons. The molecule has 4 nitrogen and oxygen atoms in total. The number of halogens is 8. The summed E-state index contributed by atoms with van der Waals surface area (Å²) in [5.74, 6) is -19.7. The molecule has 0 saturated heterocycles. The third kappa shape index (κ3) is 3.11. The Morgan fingerprint density at radius 3 is 2.00 bits per heavy atom. The van der Waals surface area contributed by atoms with Crippen LogP contribution < -0.4 is 5.73 Å². The lowest BCUT2D eigenvalue weighted by molar-refractivity contribution is -0.357. The Kier molecular flexibility index (Phi) is 5.16.